The van der Waals surface area contributed by atoms with Crippen molar-refractivity contribution in [3.63, 3.8) is 0 Å². The van der Waals surface area contributed by atoms with Crippen LogP contribution in [0.2, 0.25) is 0 Å². The van der Waals surface area contributed by atoms with Crippen molar-refractivity contribution in [2.45, 2.75) is 64.2 Å². The molecule has 1 aromatic carbocycles. The molecule has 0 radical (unpaired) electrons. The molecule has 7 rings (SSSR count). The smallest absolute Gasteiger partial charge is 0.245 e. The number of carbonyl (C=O) groups excluding carboxylic acids is 1. The highest BCUT2D eigenvalue weighted by Crippen LogP contribution is 2.65. The van der Waals surface area contributed by atoms with Gasteiger partial charge in [0.05, 0.1) is 35.2 Å². The molecule has 0 atom stereocenters. The number of aryl methyl sites for hydroxylation is 2. The van der Waals surface area contributed by atoms with Gasteiger partial charge in [-0.1, -0.05) is 18.7 Å². The Labute approximate surface area is 228 Å². The molecule has 4 aliphatic rings. The first-order chi connectivity index (χ1) is 18.6. The Balaban J connectivity index is 1.44. The molecule has 0 N–H and O–H groups in total. The highest BCUT2D eigenvalue weighted by Gasteiger charge is 2.71. The number of rotatable bonds is 3. The molecular formula is C31H34N6O2. The van der Waals surface area contributed by atoms with E-state index in [1.165, 1.54) is 6.08 Å². The standard InChI is InChI=1S/C31H34N6O2/c1-6-24(38)36-17-30(18-36)11-12-37(31(30)9-10-31)28-21(14-32)26(22-16-39-29(3,4)13-23(22)34-28)25-19(2)7-8-20-15-33-35(5)27(20)25/h6-8,15H,1,9-13,16-18H2,2-5H3. The maximum absolute atomic E-state index is 12.3. The zero-order valence-electron chi connectivity index (χ0n) is 23.2. The number of benzene rings is 1. The summed E-state index contributed by atoms with van der Waals surface area (Å²) in [5, 5.41) is 16.4. The second-order valence-electron chi connectivity index (χ2n) is 12.5. The van der Waals surface area contributed by atoms with Gasteiger partial charge >= 0.3 is 0 Å². The first-order valence-corrected chi connectivity index (χ1v) is 13.8. The van der Waals surface area contributed by atoms with E-state index in [4.69, 9.17) is 9.72 Å². The van der Waals surface area contributed by atoms with Crippen molar-refractivity contribution >= 4 is 22.6 Å². The summed E-state index contributed by atoms with van der Waals surface area (Å²) < 4.78 is 8.22. The monoisotopic (exact) mass is 522 g/mol. The van der Waals surface area contributed by atoms with Crippen LogP contribution in [-0.4, -0.2) is 56.3 Å². The number of pyridine rings is 1. The van der Waals surface area contributed by atoms with E-state index in [-0.39, 0.29) is 22.5 Å². The molecule has 39 heavy (non-hydrogen) atoms. The van der Waals surface area contributed by atoms with Gasteiger partial charge in [0.25, 0.3) is 0 Å². The van der Waals surface area contributed by atoms with Gasteiger partial charge in [-0.15, -0.1) is 0 Å². The lowest BCUT2D eigenvalue weighted by Gasteiger charge is -2.52. The molecule has 3 aromatic rings. The van der Waals surface area contributed by atoms with Crippen LogP contribution in [0.5, 0.6) is 0 Å². The number of likely N-dealkylation sites (tertiary alicyclic amines) is 1. The molecule has 1 aliphatic carbocycles. The number of fused-ring (bicyclic) bond motifs is 3. The van der Waals surface area contributed by atoms with E-state index in [1.807, 2.05) is 22.8 Å². The average Bonchev–Trinajstić information content (AvgIpc) is 3.49. The molecule has 2 aromatic heterocycles. The number of nitriles is 1. The molecule has 200 valence electrons. The van der Waals surface area contributed by atoms with E-state index in [0.29, 0.717) is 18.6 Å². The number of ether oxygens (including phenoxy) is 1. The molecule has 5 heterocycles. The zero-order chi connectivity index (χ0) is 27.3. The second-order valence-corrected chi connectivity index (χ2v) is 12.5. The van der Waals surface area contributed by atoms with Crippen molar-refractivity contribution in [1.82, 2.24) is 19.7 Å². The molecule has 2 spiro atoms. The highest BCUT2D eigenvalue weighted by atomic mass is 16.5. The maximum Gasteiger partial charge on any atom is 0.245 e. The third-order valence-electron chi connectivity index (χ3n) is 9.81. The molecule has 1 saturated carbocycles. The summed E-state index contributed by atoms with van der Waals surface area (Å²) in [6.45, 7) is 12.8. The molecule has 2 saturated heterocycles. The fourth-order valence-electron chi connectivity index (χ4n) is 7.65. The first kappa shape index (κ1) is 24.3. The minimum Gasteiger partial charge on any atom is -0.370 e. The summed E-state index contributed by atoms with van der Waals surface area (Å²) in [7, 11) is 1.96. The molecule has 0 bridgehead atoms. The Morgan fingerprint density at radius 1 is 1.21 bits per heavy atom. The highest BCUT2D eigenvalue weighted by molar-refractivity contribution is 5.99. The summed E-state index contributed by atoms with van der Waals surface area (Å²) in [4.78, 5) is 21.9. The maximum atomic E-state index is 12.3. The fraction of sp³-hybridized carbons (Fsp3) is 0.484. The third-order valence-corrected chi connectivity index (χ3v) is 9.81. The topological polar surface area (TPSA) is 87.3 Å². The summed E-state index contributed by atoms with van der Waals surface area (Å²) in [6.07, 6.45) is 7.10. The van der Waals surface area contributed by atoms with Crippen molar-refractivity contribution in [3.8, 4) is 17.2 Å². The second kappa shape index (κ2) is 7.92. The van der Waals surface area contributed by atoms with E-state index >= 15 is 0 Å². The van der Waals surface area contributed by atoms with Gasteiger partial charge in [-0.3, -0.25) is 9.48 Å². The summed E-state index contributed by atoms with van der Waals surface area (Å²) in [6, 6.07) is 6.83. The van der Waals surface area contributed by atoms with Crippen molar-refractivity contribution in [3.05, 3.63) is 53.4 Å². The van der Waals surface area contributed by atoms with Crippen LogP contribution in [0.4, 0.5) is 5.82 Å². The van der Waals surface area contributed by atoms with Crippen molar-refractivity contribution < 1.29 is 9.53 Å². The fourth-order valence-corrected chi connectivity index (χ4v) is 7.65. The molecule has 3 aliphatic heterocycles. The van der Waals surface area contributed by atoms with Gasteiger partial charge in [-0.05, 0) is 51.7 Å². The van der Waals surface area contributed by atoms with Crippen LogP contribution >= 0.6 is 0 Å². The zero-order valence-corrected chi connectivity index (χ0v) is 23.2. The van der Waals surface area contributed by atoms with Gasteiger partial charge in [-0.25, -0.2) is 4.98 Å². The van der Waals surface area contributed by atoms with E-state index < -0.39 is 0 Å². The largest absolute Gasteiger partial charge is 0.370 e. The van der Waals surface area contributed by atoms with Crippen LogP contribution in [0.1, 0.15) is 55.5 Å². The predicted molar refractivity (Wildman–Crippen MR) is 149 cm³/mol. The number of aromatic nitrogens is 3. The number of amides is 1. The van der Waals surface area contributed by atoms with E-state index in [0.717, 1.165) is 83.6 Å². The van der Waals surface area contributed by atoms with Crippen molar-refractivity contribution in [2.24, 2.45) is 12.5 Å². The van der Waals surface area contributed by atoms with Gasteiger partial charge in [-0.2, -0.15) is 10.4 Å². The van der Waals surface area contributed by atoms with Crippen LogP contribution in [0.25, 0.3) is 22.0 Å². The van der Waals surface area contributed by atoms with Gasteiger partial charge < -0.3 is 14.5 Å². The Kier molecular flexibility index (Phi) is 4.94. The van der Waals surface area contributed by atoms with Crippen molar-refractivity contribution in [1.29, 1.82) is 5.26 Å². The lowest BCUT2D eigenvalue weighted by molar-refractivity contribution is -0.138. The van der Waals surface area contributed by atoms with Crippen LogP contribution in [0.3, 0.4) is 0 Å². The number of hydrogen-bond acceptors (Lipinski definition) is 6. The van der Waals surface area contributed by atoms with E-state index in [2.05, 4.69) is 55.6 Å². The first-order valence-electron chi connectivity index (χ1n) is 13.8. The predicted octanol–water partition coefficient (Wildman–Crippen LogP) is 4.42. The minimum atomic E-state index is -0.334. The average molecular weight is 523 g/mol. The van der Waals surface area contributed by atoms with Crippen LogP contribution < -0.4 is 4.90 Å². The van der Waals surface area contributed by atoms with E-state index in [1.54, 1.807) is 0 Å². The summed E-state index contributed by atoms with van der Waals surface area (Å²) in [5.74, 6) is 0.800. The van der Waals surface area contributed by atoms with Gasteiger partial charge in [0.1, 0.15) is 17.5 Å². The molecule has 0 unspecified atom stereocenters. The van der Waals surface area contributed by atoms with E-state index in [9.17, 15) is 10.1 Å². The number of carbonyl (C=O) groups is 1. The quantitative estimate of drug-likeness (QED) is 0.473. The lowest BCUT2D eigenvalue weighted by atomic mass is 9.71. The van der Waals surface area contributed by atoms with Crippen LogP contribution in [0.15, 0.2) is 31.0 Å². The Morgan fingerprint density at radius 3 is 2.67 bits per heavy atom. The molecule has 1 amide bonds. The number of anilines is 1. The van der Waals surface area contributed by atoms with Gasteiger partial charge in [0.2, 0.25) is 5.91 Å². The van der Waals surface area contributed by atoms with Crippen molar-refractivity contribution in [2.75, 3.05) is 24.5 Å². The normalized spacial score (nSPS) is 21.6. The van der Waals surface area contributed by atoms with Gasteiger partial charge in [0.15, 0.2) is 0 Å². The van der Waals surface area contributed by atoms with Gasteiger partial charge in [0, 0.05) is 60.6 Å². The van der Waals surface area contributed by atoms with Crippen LogP contribution in [-0.2, 0) is 29.6 Å². The van der Waals surface area contributed by atoms with Crippen LogP contribution in [0, 0.1) is 23.7 Å². The molecular weight excluding hydrogens is 488 g/mol. The Morgan fingerprint density at radius 2 is 1.97 bits per heavy atom. The summed E-state index contributed by atoms with van der Waals surface area (Å²) >= 11 is 0. The summed E-state index contributed by atoms with van der Waals surface area (Å²) in [5.41, 5.74) is 6.41. The Hall–Kier alpha value is -3.70. The molecule has 8 nitrogen and oxygen atoms in total. The minimum absolute atomic E-state index is 0.00348. The lowest BCUT2D eigenvalue weighted by Crippen LogP contribution is -2.64. The molecule has 8 heteroatoms. The Bertz CT molecular complexity index is 1620. The molecule has 3 fully saturated rings. The number of hydrogen-bond donors (Lipinski definition) is 0. The third kappa shape index (κ3) is 3.23. The SMILES string of the molecule is C=CC(=O)N1CC2(CCN(c3nc4c(c(-c5c(C)ccc6cnn(C)c56)c3C#N)COC(C)(C)C4)C23CC3)C1. The number of nitrogens with zero attached hydrogens (tertiary/aromatic N) is 6.